The molecule has 0 rings (SSSR count). The number of carboxylic acids is 1. The largest absolute Gasteiger partial charge is 0.481 e. The molecular weight excluding hydrogens is 216 g/mol. The fourth-order valence-corrected chi connectivity index (χ4v) is 1.68. The Morgan fingerprint density at radius 3 is 2.27 bits per heavy atom. The highest BCUT2D eigenvalue weighted by atomic mass is 32.2. The van der Waals surface area contributed by atoms with E-state index >= 15 is 0 Å². The van der Waals surface area contributed by atoms with Crippen LogP contribution in [0.3, 0.4) is 0 Å². The number of thioether (sulfide) groups is 1. The quantitative estimate of drug-likeness (QED) is 0.638. The molecule has 15 heavy (non-hydrogen) atoms. The molecule has 5 nitrogen and oxygen atoms in total. The van der Waals surface area contributed by atoms with Crippen molar-refractivity contribution in [2.45, 2.75) is 32.4 Å². The van der Waals surface area contributed by atoms with Crippen molar-refractivity contribution in [3.63, 3.8) is 0 Å². The summed E-state index contributed by atoms with van der Waals surface area (Å²) < 4.78 is 0. The third kappa shape index (κ3) is 8.11. The van der Waals surface area contributed by atoms with E-state index in [2.05, 4.69) is 10.6 Å². The predicted octanol–water partition coefficient (Wildman–Crippen LogP) is 0.900. The predicted molar refractivity (Wildman–Crippen MR) is 61.2 cm³/mol. The smallest absolute Gasteiger partial charge is 0.315 e. The highest BCUT2D eigenvalue weighted by Gasteiger charge is 2.12. The lowest BCUT2D eigenvalue weighted by Crippen LogP contribution is -2.45. The van der Waals surface area contributed by atoms with Crippen molar-refractivity contribution in [3.8, 4) is 0 Å². The Hall–Kier alpha value is -0.910. The Morgan fingerprint density at radius 1 is 1.27 bits per heavy atom. The van der Waals surface area contributed by atoms with Crippen LogP contribution in [0, 0.1) is 0 Å². The Kier molecular flexibility index (Phi) is 6.94. The number of urea groups is 1. The van der Waals surface area contributed by atoms with Crippen LogP contribution in [0.25, 0.3) is 0 Å². The Labute approximate surface area is 94.0 Å². The van der Waals surface area contributed by atoms with Gasteiger partial charge in [0.2, 0.25) is 0 Å². The molecule has 0 radical (unpaired) electrons. The van der Waals surface area contributed by atoms with Gasteiger partial charge in [-0.05, 0) is 20.1 Å². The molecule has 2 amide bonds. The second-order valence-electron chi connectivity index (χ2n) is 3.47. The summed E-state index contributed by atoms with van der Waals surface area (Å²) in [7, 11) is 0. The van der Waals surface area contributed by atoms with E-state index in [0.717, 1.165) is 5.75 Å². The monoisotopic (exact) mass is 234 g/mol. The molecule has 0 aromatic carbocycles. The van der Waals surface area contributed by atoms with Crippen molar-refractivity contribution in [2.75, 3.05) is 12.0 Å². The van der Waals surface area contributed by atoms with Gasteiger partial charge in [0.05, 0.1) is 6.42 Å². The molecule has 0 aliphatic carbocycles. The first-order valence-corrected chi connectivity index (χ1v) is 6.12. The van der Waals surface area contributed by atoms with E-state index < -0.39 is 5.97 Å². The molecule has 6 heteroatoms. The van der Waals surface area contributed by atoms with Gasteiger partial charge in [-0.3, -0.25) is 4.79 Å². The van der Waals surface area contributed by atoms with Gasteiger partial charge < -0.3 is 15.7 Å². The van der Waals surface area contributed by atoms with Crippen molar-refractivity contribution in [3.05, 3.63) is 0 Å². The fraction of sp³-hybridized carbons (Fsp3) is 0.778. The van der Waals surface area contributed by atoms with Gasteiger partial charge in [-0.2, -0.15) is 11.8 Å². The minimum Gasteiger partial charge on any atom is -0.481 e. The molecule has 0 aromatic rings. The SMILES string of the molecule is CSCC(C)NC(=O)NC(C)CC(=O)O. The average Bonchev–Trinajstić information content (AvgIpc) is 2.00. The summed E-state index contributed by atoms with van der Waals surface area (Å²) in [5.41, 5.74) is 0. The van der Waals surface area contributed by atoms with Gasteiger partial charge in [-0.15, -0.1) is 0 Å². The van der Waals surface area contributed by atoms with Gasteiger partial charge in [0, 0.05) is 17.8 Å². The zero-order valence-electron chi connectivity index (χ0n) is 9.24. The van der Waals surface area contributed by atoms with E-state index in [9.17, 15) is 9.59 Å². The molecule has 3 N–H and O–H groups in total. The zero-order chi connectivity index (χ0) is 11.8. The molecule has 88 valence electrons. The lowest BCUT2D eigenvalue weighted by Gasteiger charge is -2.16. The number of carboxylic acid groups (broad SMARTS) is 1. The first kappa shape index (κ1) is 14.1. The van der Waals surface area contributed by atoms with Crippen LogP contribution in [0.4, 0.5) is 4.79 Å². The van der Waals surface area contributed by atoms with Crippen molar-refractivity contribution >= 4 is 23.8 Å². The summed E-state index contributed by atoms with van der Waals surface area (Å²) in [4.78, 5) is 21.6. The van der Waals surface area contributed by atoms with Gasteiger partial charge in [-0.1, -0.05) is 0 Å². The topological polar surface area (TPSA) is 78.4 Å². The number of aliphatic carboxylic acids is 1. The van der Waals surface area contributed by atoms with Gasteiger partial charge in [0.1, 0.15) is 0 Å². The standard InChI is InChI=1S/C9H18N2O3S/c1-6(4-8(12)13)10-9(14)11-7(2)5-15-3/h6-7H,4-5H2,1-3H3,(H,12,13)(H2,10,11,14). The third-order valence-corrected chi connectivity index (χ3v) is 2.49. The maximum absolute atomic E-state index is 11.3. The maximum atomic E-state index is 11.3. The minimum atomic E-state index is -0.917. The summed E-state index contributed by atoms with van der Waals surface area (Å²) in [5.74, 6) is -0.0826. The number of hydrogen-bond donors (Lipinski definition) is 3. The van der Waals surface area contributed by atoms with Crippen molar-refractivity contribution < 1.29 is 14.7 Å². The minimum absolute atomic E-state index is 0.0652. The number of rotatable bonds is 6. The summed E-state index contributed by atoms with van der Waals surface area (Å²) in [5, 5.41) is 13.8. The molecule has 2 unspecified atom stereocenters. The molecule has 0 saturated heterocycles. The molecular formula is C9H18N2O3S. The summed E-state index contributed by atoms with van der Waals surface area (Å²) in [6, 6.07) is -0.591. The molecule has 0 spiro atoms. The van der Waals surface area contributed by atoms with E-state index in [1.54, 1.807) is 18.7 Å². The number of hydrogen-bond acceptors (Lipinski definition) is 3. The summed E-state index contributed by atoms with van der Waals surface area (Å²) >= 11 is 1.64. The molecule has 0 saturated carbocycles. The Morgan fingerprint density at radius 2 is 1.80 bits per heavy atom. The lowest BCUT2D eigenvalue weighted by molar-refractivity contribution is -0.137. The van der Waals surface area contributed by atoms with E-state index in [1.165, 1.54) is 0 Å². The van der Waals surface area contributed by atoms with Gasteiger partial charge in [-0.25, -0.2) is 4.79 Å². The van der Waals surface area contributed by atoms with E-state index in [4.69, 9.17) is 5.11 Å². The van der Waals surface area contributed by atoms with Crippen molar-refractivity contribution in [2.24, 2.45) is 0 Å². The molecule has 0 aliphatic heterocycles. The Bertz CT molecular complexity index is 223. The summed E-state index contributed by atoms with van der Waals surface area (Å²) in [6.45, 7) is 3.56. The average molecular weight is 234 g/mol. The lowest BCUT2D eigenvalue weighted by atomic mass is 10.2. The normalized spacial score (nSPS) is 14.1. The Balaban J connectivity index is 3.77. The van der Waals surface area contributed by atoms with Crippen molar-refractivity contribution in [1.82, 2.24) is 10.6 Å². The number of amides is 2. The van der Waals surface area contributed by atoms with Crippen LogP contribution < -0.4 is 10.6 Å². The highest BCUT2D eigenvalue weighted by molar-refractivity contribution is 7.98. The van der Waals surface area contributed by atoms with Crippen LogP contribution in [-0.2, 0) is 4.79 Å². The first-order chi connectivity index (χ1) is 6.95. The van der Waals surface area contributed by atoms with Gasteiger partial charge >= 0.3 is 12.0 Å². The van der Waals surface area contributed by atoms with Crippen LogP contribution in [0.5, 0.6) is 0 Å². The molecule has 0 bridgehead atoms. The second kappa shape index (κ2) is 7.39. The van der Waals surface area contributed by atoms with Gasteiger partial charge in [0.15, 0.2) is 0 Å². The van der Waals surface area contributed by atoms with Crippen LogP contribution in [0.2, 0.25) is 0 Å². The number of nitrogens with one attached hydrogen (secondary N) is 2. The van der Waals surface area contributed by atoms with E-state index in [0.29, 0.717) is 0 Å². The zero-order valence-corrected chi connectivity index (χ0v) is 10.1. The van der Waals surface area contributed by atoms with Gasteiger partial charge in [0.25, 0.3) is 0 Å². The number of carbonyl (C=O) groups is 2. The fourth-order valence-electron chi connectivity index (χ4n) is 1.09. The van der Waals surface area contributed by atoms with E-state index in [1.807, 2.05) is 13.2 Å². The highest BCUT2D eigenvalue weighted by Crippen LogP contribution is 1.96. The molecule has 2 atom stereocenters. The van der Waals surface area contributed by atoms with Crippen LogP contribution in [0.15, 0.2) is 0 Å². The van der Waals surface area contributed by atoms with Crippen LogP contribution in [0.1, 0.15) is 20.3 Å². The maximum Gasteiger partial charge on any atom is 0.315 e. The molecule has 0 fully saturated rings. The van der Waals surface area contributed by atoms with E-state index in [-0.39, 0.29) is 24.5 Å². The summed E-state index contributed by atoms with van der Waals surface area (Å²) in [6.07, 6.45) is 1.90. The van der Waals surface area contributed by atoms with Crippen LogP contribution >= 0.6 is 11.8 Å². The number of carbonyl (C=O) groups excluding carboxylic acids is 1. The molecule has 0 aliphatic rings. The van der Waals surface area contributed by atoms with Crippen molar-refractivity contribution in [1.29, 1.82) is 0 Å². The molecule has 0 aromatic heterocycles. The third-order valence-electron chi connectivity index (χ3n) is 1.65. The van der Waals surface area contributed by atoms with Crippen LogP contribution in [-0.4, -0.2) is 41.2 Å². The first-order valence-electron chi connectivity index (χ1n) is 4.73. The second-order valence-corrected chi connectivity index (χ2v) is 4.38. The molecule has 0 heterocycles.